The van der Waals surface area contributed by atoms with Crippen molar-refractivity contribution in [2.75, 3.05) is 0 Å². The van der Waals surface area contributed by atoms with Crippen molar-refractivity contribution in [2.24, 2.45) is 11.8 Å². The second kappa shape index (κ2) is 13.9. The van der Waals surface area contributed by atoms with Crippen LogP contribution in [-0.4, -0.2) is 20.3 Å². The number of aliphatic hydroxyl groups is 1. The van der Waals surface area contributed by atoms with E-state index in [-0.39, 0.29) is 43.5 Å². The maximum Gasteiger partial charge on any atom is 0.162 e. The SMILES string of the molecule is CCC(CC)C(=O)/C=C(\O)C(CC)CC.[Ir].[c-]1ccc2c(oc3c4cccc5c6ccccc6n(c54)c23)c1-c1cc2ccccc2cn1. The summed E-state index contributed by atoms with van der Waals surface area (Å²) in [5.41, 5.74) is 7.07. The fourth-order valence-corrected chi connectivity index (χ4v) is 7.08. The second-order valence-corrected chi connectivity index (χ2v) is 12.3. The first-order valence-electron chi connectivity index (χ1n) is 16.8. The minimum atomic E-state index is 0. The summed E-state index contributed by atoms with van der Waals surface area (Å²) in [7, 11) is 0. The average molecular weight is 812 g/mol. The van der Waals surface area contributed by atoms with E-state index in [0.29, 0.717) is 0 Å². The number of ketones is 1. The van der Waals surface area contributed by atoms with Crippen LogP contribution in [0, 0.1) is 17.9 Å². The number of rotatable bonds is 8. The van der Waals surface area contributed by atoms with Gasteiger partial charge in [-0.05, 0) is 59.7 Å². The van der Waals surface area contributed by atoms with Gasteiger partial charge in [-0.25, -0.2) is 0 Å². The molecule has 0 saturated carbocycles. The van der Waals surface area contributed by atoms with Crippen molar-refractivity contribution in [3.05, 3.63) is 109 Å². The number of hydrogen-bond acceptors (Lipinski definition) is 4. The number of carbonyl (C=O) groups excluding carboxylic acids is 1. The number of furan rings is 1. The van der Waals surface area contributed by atoms with E-state index in [1.807, 2.05) is 46.0 Å². The van der Waals surface area contributed by atoms with Crippen LogP contribution >= 0.6 is 0 Å². The summed E-state index contributed by atoms with van der Waals surface area (Å²) >= 11 is 0. The Balaban J connectivity index is 0.000000217. The van der Waals surface area contributed by atoms with Gasteiger partial charge in [-0.3, -0.25) is 4.79 Å². The first kappa shape index (κ1) is 33.4. The zero-order chi connectivity index (χ0) is 32.7. The Bertz CT molecular complexity index is 2410. The van der Waals surface area contributed by atoms with Crippen molar-refractivity contribution in [1.82, 2.24) is 9.38 Å². The number of allylic oxidation sites excluding steroid dienone is 2. The molecule has 0 fully saturated rings. The molecular weight excluding hydrogens is 773 g/mol. The van der Waals surface area contributed by atoms with Gasteiger partial charge >= 0.3 is 0 Å². The van der Waals surface area contributed by atoms with Gasteiger partial charge in [0.2, 0.25) is 0 Å². The van der Waals surface area contributed by atoms with Crippen molar-refractivity contribution in [2.45, 2.75) is 53.4 Å². The third kappa shape index (κ3) is 5.57. The standard InChI is InChI=1S/C29H15N2O.C13H24O2.Ir/c1-2-8-18-16-30-24(15-17(18)7-1)21-11-6-13-23-27-29(32-28(21)23)22-12-5-10-20-19-9-3-4-14-25(19)31(27)26(20)22;1-5-10(6-2)12(14)9-13(15)11(7-3)8-4;/h1-10,12-16H;9-11,14H,5-8H2,1-4H3;/q-1;;/b;12-9-;. The van der Waals surface area contributed by atoms with Crippen LogP contribution in [-0.2, 0) is 24.9 Å². The molecule has 48 heavy (non-hydrogen) atoms. The Labute approximate surface area is 294 Å². The van der Waals surface area contributed by atoms with Crippen LogP contribution in [0.5, 0.6) is 0 Å². The molecule has 5 nitrogen and oxygen atoms in total. The van der Waals surface area contributed by atoms with Gasteiger partial charge in [-0.2, -0.15) is 0 Å². The van der Waals surface area contributed by atoms with Crippen LogP contribution in [0.15, 0.2) is 107 Å². The van der Waals surface area contributed by atoms with Gasteiger partial charge in [-0.15, -0.1) is 18.2 Å². The molecule has 1 radical (unpaired) electrons. The monoisotopic (exact) mass is 812 g/mol. The molecule has 0 spiro atoms. The Kier molecular flexibility index (Phi) is 9.68. The summed E-state index contributed by atoms with van der Waals surface area (Å²) in [6, 6.07) is 32.9. The van der Waals surface area contributed by atoms with Crippen molar-refractivity contribution in [3.8, 4) is 11.3 Å². The first-order valence-corrected chi connectivity index (χ1v) is 16.8. The van der Waals surface area contributed by atoms with Crippen molar-refractivity contribution in [1.29, 1.82) is 0 Å². The number of aromatic nitrogens is 2. The van der Waals surface area contributed by atoms with Crippen LogP contribution in [0.4, 0.5) is 0 Å². The summed E-state index contributed by atoms with van der Waals surface area (Å²) in [6.07, 6.45) is 6.83. The number of pyridine rings is 1. The smallest absolute Gasteiger partial charge is 0.162 e. The van der Waals surface area contributed by atoms with E-state index < -0.39 is 0 Å². The third-order valence-electron chi connectivity index (χ3n) is 9.76. The Hall–Kier alpha value is -4.51. The minimum Gasteiger partial charge on any atom is -0.512 e. The maximum absolute atomic E-state index is 11.7. The largest absolute Gasteiger partial charge is 0.512 e. The molecule has 0 atom stereocenters. The normalized spacial score (nSPS) is 12.2. The average Bonchev–Trinajstić information content (AvgIpc) is 3.75. The fraction of sp³-hybridized carbons (Fsp3) is 0.238. The molecular formula is C42H39IrN2O3-. The van der Waals surface area contributed by atoms with E-state index in [1.54, 1.807) is 0 Å². The van der Waals surface area contributed by atoms with E-state index in [0.717, 1.165) is 75.2 Å². The predicted molar refractivity (Wildman–Crippen MR) is 194 cm³/mol. The summed E-state index contributed by atoms with van der Waals surface area (Å²) in [4.78, 5) is 16.5. The molecule has 0 aliphatic carbocycles. The Morgan fingerprint density at radius 1 is 0.792 bits per heavy atom. The molecule has 6 heteroatoms. The molecule has 4 aromatic carbocycles. The van der Waals surface area contributed by atoms with E-state index >= 15 is 0 Å². The zero-order valence-electron chi connectivity index (χ0n) is 27.7. The predicted octanol–water partition coefficient (Wildman–Crippen LogP) is 11.5. The first-order chi connectivity index (χ1) is 23.0. The van der Waals surface area contributed by atoms with Gasteiger partial charge in [0, 0.05) is 60.4 Å². The van der Waals surface area contributed by atoms with Gasteiger partial charge in [-0.1, -0.05) is 93.9 Å². The third-order valence-corrected chi connectivity index (χ3v) is 9.76. The second-order valence-electron chi connectivity index (χ2n) is 12.3. The number of nitrogens with zero attached hydrogens (tertiary/aromatic N) is 2. The van der Waals surface area contributed by atoms with E-state index in [1.165, 1.54) is 27.9 Å². The van der Waals surface area contributed by atoms with Gasteiger partial charge < -0.3 is 18.9 Å². The van der Waals surface area contributed by atoms with Crippen LogP contribution in [0.25, 0.3) is 71.3 Å². The summed E-state index contributed by atoms with van der Waals surface area (Å²) in [5.74, 6) is 0.547. The number of para-hydroxylation sites is 2. The molecule has 4 heterocycles. The minimum absolute atomic E-state index is 0. The Morgan fingerprint density at radius 2 is 1.44 bits per heavy atom. The molecule has 245 valence electrons. The Morgan fingerprint density at radius 3 is 2.19 bits per heavy atom. The molecule has 0 amide bonds. The molecule has 0 aliphatic rings. The van der Waals surface area contributed by atoms with Gasteiger partial charge in [0.15, 0.2) is 5.78 Å². The van der Waals surface area contributed by atoms with E-state index in [9.17, 15) is 9.90 Å². The molecule has 4 aromatic heterocycles. The van der Waals surface area contributed by atoms with Gasteiger partial charge in [0.05, 0.1) is 27.9 Å². The van der Waals surface area contributed by atoms with Gasteiger partial charge in [0.25, 0.3) is 0 Å². The fourth-order valence-electron chi connectivity index (χ4n) is 7.08. The summed E-state index contributed by atoms with van der Waals surface area (Å²) in [6.45, 7) is 8.07. The van der Waals surface area contributed by atoms with Crippen LogP contribution in [0.2, 0.25) is 0 Å². The molecule has 1 N–H and O–H groups in total. The summed E-state index contributed by atoms with van der Waals surface area (Å²) < 4.78 is 8.96. The van der Waals surface area contributed by atoms with Crippen LogP contribution in [0.1, 0.15) is 53.4 Å². The van der Waals surface area contributed by atoms with Gasteiger partial charge in [0.1, 0.15) is 5.58 Å². The maximum atomic E-state index is 11.7. The molecule has 0 aliphatic heterocycles. The topological polar surface area (TPSA) is 67.7 Å². The molecule has 0 bridgehead atoms. The number of hydrogen-bond donors (Lipinski definition) is 1. The van der Waals surface area contributed by atoms with Crippen LogP contribution < -0.4 is 0 Å². The number of aliphatic hydroxyl groups excluding tert-OH is 1. The molecule has 8 rings (SSSR count). The quantitative estimate of drug-likeness (QED) is 0.0943. The summed E-state index contributed by atoms with van der Waals surface area (Å²) in [5, 5.41) is 16.8. The molecule has 0 unspecified atom stereocenters. The number of benzene rings is 4. The van der Waals surface area contributed by atoms with E-state index in [4.69, 9.17) is 9.40 Å². The van der Waals surface area contributed by atoms with Crippen molar-refractivity contribution >= 4 is 65.8 Å². The van der Waals surface area contributed by atoms with Crippen molar-refractivity contribution in [3.63, 3.8) is 0 Å². The molecule has 8 aromatic rings. The van der Waals surface area contributed by atoms with E-state index in [2.05, 4.69) is 83.3 Å². The number of fused-ring (bicyclic) bond motifs is 9. The molecule has 0 saturated heterocycles. The van der Waals surface area contributed by atoms with Crippen molar-refractivity contribution < 1.29 is 34.4 Å². The zero-order valence-corrected chi connectivity index (χ0v) is 30.1. The number of carbonyl (C=O) groups is 1. The van der Waals surface area contributed by atoms with Crippen LogP contribution in [0.3, 0.4) is 0 Å².